The van der Waals surface area contributed by atoms with Crippen LogP contribution >= 0.6 is 0 Å². The molecule has 0 atom stereocenters. The van der Waals surface area contributed by atoms with Gasteiger partial charge in [0.15, 0.2) is 0 Å². The van der Waals surface area contributed by atoms with Crippen LogP contribution in [0.2, 0.25) is 0 Å². The summed E-state index contributed by atoms with van der Waals surface area (Å²) < 4.78 is 18.5. The van der Waals surface area contributed by atoms with Crippen molar-refractivity contribution in [3.8, 4) is 45.5 Å². The van der Waals surface area contributed by atoms with Crippen LogP contribution < -0.4 is 19.5 Å². The van der Waals surface area contributed by atoms with Gasteiger partial charge in [-0.25, -0.2) is 0 Å². The van der Waals surface area contributed by atoms with Crippen LogP contribution in [0.1, 0.15) is 17.3 Å². The second kappa shape index (κ2) is 11.6. The van der Waals surface area contributed by atoms with Crippen LogP contribution in [-0.4, -0.2) is 35.9 Å². The summed E-state index contributed by atoms with van der Waals surface area (Å²) in [6, 6.07) is 31.1. The third-order valence-electron chi connectivity index (χ3n) is 6.22. The molecular weight excluding hydrogens is 506 g/mol. The third kappa shape index (κ3) is 5.42. The van der Waals surface area contributed by atoms with E-state index in [1.54, 1.807) is 49.2 Å². The zero-order valence-electron chi connectivity index (χ0n) is 22.3. The Labute approximate surface area is 231 Å². The van der Waals surface area contributed by atoms with Crippen molar-refractivity contribution in [2.24, 2.45) is 0 Å². The quantitative estimate of drug-likeness (QED) is 0.232. The van der Waals surface area contributed by atoms with E-state index in [-0.39, 0.29) is 11.8 Å². The zero-order valence-corrected chi connectivity index (χ0v) is 22.3. The normalized spacial score (nSPS) is 10.6. The number of anilines is 1. The number of amides is 1. The molecule has 0 aliphatic rings. The van der Waals surface area contributed by atoms with Gasteiger partial charge in [0.05, 0.1) is 25.5 Å². The van der Waals surface area contributed by atoms with Crippen LogP contribution in [-0.2, 0) is 4.79 Å². The maximum absolute atomic E-state index is 12.7. The molecular formula is C32H27N3O5. The lowest BCUT2D eigenvalue weighted by Gasteiger charge is -2.12. The van der Waals surface area contributed by atoms with E-state index in [2.05, 4.69) is 5.32 Å². The predicted molar refractivity (Wildman–Crippen MR) is 153 cm³/mol. The highest BCUT2D eigenvalue weighted by Crippen LogP contribution is 2.44. The van der Waals surface area contributed by atoms with Crippen molar-refractivity contribution < 1.29 is 23.8 Å². The molecule has 0 radical (unpaired) electrons. The molecule has 0 unspecified atom stereocenters. The Hall–Kier alpha value is -5.37. The number of methoxy groups -OCH3 is 2. The van der Waals surface area contributed by atoms with Crippen molar-refractivity contribution in [2.75, 3.05) is 19.5 Å². The van der Waals surface area contributed by atoms with Gasteiger partial charge in [-0.05, 0) is 54.1 Å². The zero-order chi connectivity index (χ0) is 28.1. The fourth-order valence-corrected chi connectivity index (χ4v) is 4.33. The van der Waals surface area contributed by atoms with Crippen molar-refractivity contribution >= 4 is 17.6 Å². The second-order valence-electron chi connectivity index (χ2n) is 8.83. The number of carbonyl (C=O) groups excluding carboxylic acids is 2. The second-order valence-corrected chi connectivity index (χ2v) is 8.83. The van der Waals surface area contributed by atoms with Crippen LogP contribution in [0.15, 0.2) is 103 Å². The van der Waals surface area contributed by atoms with E-state index in [1.807, 2.05) is 72.8 Å². The molecule has 0 fully saturated rings. The van der Waals surface area contributed by atoms with E-state index < -0.39 is 5.97 Å². The molecule has 0 saturated heterocycles. The predicted octanol–water partition coefficient (Wildman–Crippen LogP) is 6.40. The van der Waals surface area contributed by atoms with Gasteiger partial charge in [-0.1, -0.05) is 48.5 Å². The molecule has 4 aromatic carbocycles. The highest BCUT2D eigenvalue weighted by molar-refractivity contribution is 6.04. The van der Waals surface area contributed by atoms with Crippen LogP contribution in [0.3, 0.4) is 0 Å². The minimum atomic E-state index is -0.488. The molecule has 1 heterocycles. The van der Waals surface area contributed by atoms with Gasteiger partial charge in [0, 0.05) is 29.8 Å². The Morgan fingerprint density at radius 1 is 0.800 bits per heavy atom. The molecule has 200 valence electrons. The number of ether oxygens (including phenoxy) is 3. The summed E-state index contributed by atoms with van der Waals surface area (Å²) in [5.74, 6) is 0.725. The van der Waals surface area contributed by atoms with E-state index in [1.165, 1.54) is 6.92 Å². The summed E-state index contributed by atoms with van der Waals surface area (Å²) >= 11 is 0. The van der Waals surface area contributed by atoms with Gasteiger partial charge in [0.1, 0.15) is 17.2 Å². The van der Waals surface area contributed by atoms with Gasteiger partial charge in [-0.2, -0.15) is 9.78 Å². The van der Waals surface area contributed by atoms with E-state index in [0.29, 0.717) is 45.3 Å². The largest absolute Gasteiger partial charge is 0.497 e. The van der Waals surface area contributed by atoms with Gasteiger partial charge in [0.25, 0.3) is 5.91 Å². The van der Waals surface area contributed by atoms with Crippen molar-refractivity contribution in [3.05, 3.63) is 109 Å². The average Bonchev–Trinajstić information content (AvgIpc) is 3.36. The summed E-state index contributed by atoms with van der Waals surface area (Å²) in [6.07, 6.45) is 0. The van der Waals surface area contributed by atoms with E-state index in [9.17, 15) is 9.59 Å². The van der Waals surface area contributed by atoms with E-state index in [4.69, 9.17) is 19.3 Å². The highest BCUT2D eigenvalue weighted by Gasteiger charge is 2.26. The number of hydrogen-bond donors (Lipinski definition) is 1. The van der Waals surface area contributed by atoms with Crippen molar-refractivity contribution in [1.82, 2.24) is 9.78 Å². The Kier molecular flexibility index (Phi) is 7.59. The number of benzene rings is 4. The number of nitrogens with zero attached hydrogens (tertiary/aromatic N) is 2. The first-order valence-corrected chi connectivity index (χ1v) is 12.5. The SMILES string of the molecule is COc1ccc(-c2nn(-c3ccccc3)c(OC(C)=O)c2-c2ccc(NC(=O)c3ccccc3)cc2)c(OC)c1. The molecule has 8 nitrogen and oxygen atoms in total. The molecule has 8 heteroatoms. The molecule has 40 heavy (non-hydrogen) atoms. The van der Waals surface area contributed by atoms with Gasteiger partial charge < -0.3 is 19.5 Å². The van der Waals surface area contributed by atoms with Crippen LogP contribution in [0.5, 0.6) is 17.4 Å². The average molecular weight is 534 g/mol. The summed E-state index contributed by atoms with van der Waals surface area (Å²) in [4.78, 5) is 25.0. The molecule has 0 spiro atoms. The molecule has 0 saturated carbocycles. The maximum Gasteiger partial charge on any atom is 0.309 e. The number of nitrogens with one attached hydrogen (secondary N) is 1. The monoisotopic (exact) mass is 533 g/mol. The Bertz CT molecular complexity index is 1650. The first-order chi connectivity index (χ1) is 19.5. The number of carbonyl (C=O) groups is 2. The summed E-state index contributed by atoms with van der Waals surface area (Å²) in [5.41, 5.74) is 4.42. The van der Waals surface area contributed by atoms with E-state index >= 15 is 0 Å². The molecule has 5 aromatic rings. The first kappa shape index (κ1) is 26.2. The molecule has 0 bridgehead atoms. The summed E-state index contributed by atoms with van der Waals surface area (Å²) in [7, 11) is 3.16. The Balaban J connectivity index is 1.65. The first-order valence-electron chi connectivity index (χ1n) is 12.5. The van der Waals surface area contributed by atoms with Gasteiger partial charge in [0.2, 0.25) is 5.88 Å². The third-order valence-corrected chi connectivity index (χ3v) is 6.22. The lowest BCUT2D eigenvalue weighted by molar-refractivity contribution is -0.132. The van der Waals surface area contributed by atoms with Gasteiger partial charge in [-0.3, -0.25) is 9.59 Å². The molecule has 5 rings (SSSR count). The highest BCUT2D eigenvalue weighted by atomic mass is 16.5. The van der Waals surface area contributed by atoms with Crippen LogP contribution in [0.4, 0.5) is 5.69 Å². The minimum Gasteiger partial charge on any atom is -0.497 e. The fraction of sp³-hybridized carbons (Fsp3) is 0.0938. The summed E-state index contributed by atoms with van der Waals surface area (Å²) in [6.45, 7) is 1.35. The van der Waals surface area contributed by atoms with Crippen molar-refractivity contribution in [1.29, 1.82) is 0 Å². The van der Waals surface area contributed by atoms with Crippen molar-refractivity contribution in [3.63, 3.8) is 0 Å². The molecule has 0 aliphatic heterocycles. The summed E-state index contributed by atoms with van der Waals surface area (Å²) in [5, 5.41) is 7.82. The van der Waals surface area contributed by atoms with Gasteiger partial charge >= 0.3 is 5.97 Å². The topological polar surface area (TPSA) is 91.7 Å². The number of aromatic nitrogens is 2. The van der Waals surface area contributed by atoms with Gasteiger partial charge in [-0.15, -0.1) is 0 Å². The number of hydrogen-bond acceptors (Lipinski definition) is 6. The van der Waals surface area contributed by atoms with Crippen molar-refractivity contribution in [2.45, 2.75) is 6.92 Å². The molecule has 1 amide bonds. The van der Waals surface area contributed by atoms with Crippen LogP contribution in [0.25, 0.3) is 28.1 Å². The minimum absolute atomic E-state index is 0.213. The lowest BCUT2D eigenvalue weighted by atomic mass is 10.00. The van der Waals surface area contributed by atoms with E-state index in [0.717, 1.165) is 5.56 Å². The molecule has 0 aliphatic carbocycles. The molecule has 1 aromatic heterocycles. The maximum atomic E-state index is 12.7. The Morgan fingerprint density at radius 3 is 2.10 bits per heavy atom. The Morgan fingerprint density at radius 2 is 1.48 bits per heavy atom. The number of esters is 1. The smallest absolute Gasteiger partial charge is 0.309 e. The lowest BCUT2D eigenvalue weighted by Crippen LogP contribution is -2.11. The fourth-order valence-electron chi connectivity index (χ4n) is 4.33. The number of para-hydroxylation sites is 1. The molecule has 1 N–H and O–H groups in total. The standard InChI is InChI=1S/C32H27N3O5/c1-21(36)40-32-29(22-14-16-24(17-15-22)33-31(37)23-10-6-4-7-11-23)30(34-35(32)25-12-8-5-9-13-25)27-19-18-26(38-2)20-28(27)39-3/h4-20H,1-3H3,(H,33,37). The number of rotatable bonds is 8. The van der Waals surface area contributed by atoms with Crippen LogP contribution in [0, 0.1) is 0 Å².